The summed E-state index contributed by atoms with van der Waals surface area (Å²) in [4.78, 5) is 4.80. The van der Waals surface area contributed by atoms with Crippen molar-refractivity contribution in [1.29, 1.82) is 0 Å². The molecule has 0 amide bonds. The third kappa shape index (κ3) is 1.70. The fourth-order valence-electron chi connectivity index (χ4n) is 2.89. The molecule has 0 radical (unpaired) electrons. The van der Waals surface area contributed by atoms with E-state index in [2.05, 4.69) is 60.3 Å². The monoisotopic (exact) mass is 275 g/mol. The van der Waals surface area contributed by atoms with Crippen LogP contribution in [0.1, 0.15) is 11.1 Å². The molecule has 0 aliphatic carbocycles. The van der Waals surface area contributed by atoms with Crippen LogP contribution in [0.5, 0.6) is 0 Å². The SMILES string of the molecule is Cc1cc2c(cc1C)n1cc(-c3ccccc3)nc1n2C. The van der Waals surface area contributed by atoms with E-state index in [9.17, 15) is 0 Å². The summed E-state index contributed by atoms with van der Waals surface area (Å²) in [5.74, 6) is 0.980. The van der Waals surface area contributed by atoms with Gasteiger partial charge in [-0.05, 0) is 37.1 Å². The molecule has 3 nitrogen and oxygen atoms in total. The number of aromatic nitrogens is 3. The van der Waals surface area contributed by atoms with Gasteiger partial charge in [0.2, 0.25) is 5.78 Å². The Kier molecular flexibility index (Phi) is 2.45. The molecule has 21 heavy (non-hydrogen) atoms. The third-order valence-electron chi connectivity index (χ3n) is 4.27. The Morgan fingerprint density at radius 3 is 2.29 bits per heavy atom. The molecule has 104 valence electrons. The zero-order valence-electron chi connectivity index (χ0n) is 12.5. The van der Waals surface area contributed by atoms with E-state index in [0.717, 1.165) is 17.0 Å². The van der Waals surface area contributed by atoms with Crippen molar-refractivity contribution < 1.29 is 0 Å². The lowest BCUT2D eigenvalue weighted by Crippen LogP contribution is -1.90. The first-order valence-electron chi connectivity index (χ1n) is 7.15. The highest BCUT2D eigenvalue weighted by Gasteiger charge is 2.13. The maximum Gasteiger partial charge on any atom is 0.215 e. The van der Waals surface area contributed by atoms with E-state index < -0.39 is 0 Å². The average Bonchev–Trinajstić information content (AvgIpc) is 3.03. The van der Waals surface area contributed by atoms with Crippen molar-refractivity contribution in [1.82, 2.24) is 14.0 Å². The Bertz CT molecular complexity index is 959. The largest absolute Gasteiger partial charge is 0.313 e. The van der Waals surface area contributed by atoms with Crippen LogP contribution < -0.4 is 0 Å². The molecule has 2 aromatic heterocycles. The van der Waals surface area contributed by atoms with Crippen LogP contribution in [0.25, 0.3) is 28.1 Å². The van der Waals surface area contributed by atoms with E-state index >= 15 is 0 Å². The van der Waals surface area contributed by atoms with Crippen LogP contribution in [0.3, 0.4) is 0 Å². The summed E-state index contributed by atoms with van der Waals surface area (Å²) in [5, 5.41) is 0. The van der Waals surface area contributed by atoms with Gasteiger partial charge in [0.15, 0.2) is 0 Å². The molecule has 3 heteroatoms. The number of hydrogen-bond donors (Lipinski definition) is 0. The molecule has 0 N–H and O–H groups in total. The van der Waals surface area contributed by atoms with Crippen molar-refractivity contribution in [2.45, 2.75) is 13.8 Å². The van der Waals surface area contributed by atoms with Crippen LogP contribution in [-0.2, 0) is 7.05 Å². The van der Waals surface area contributed by atoms with Gasteiger partial charge >= 0.3 is 0 Å². The van der Waals surface area contributed by atoms with Crippen molar-refractivity contribution in [3.05, 3.63) is 59.8 Å². The first-order chi connectivity index (χ1) is 10.1. The summed E-state index contributed by atoms with van der Waals surface area (Å²) in [6.07, 6.45) is 2.13. The van der Waals surface area contributed by atoms with Gasteiger partial charge in [-0.15, -0.1) is 0 Å². The van der Waals surface area contributed by atoms with E-state index in [4.69, 9.17) is 4.98 Å². The zero-order valence-corrected chi connectivity index (χ0v) is 12.5. The summed E-state index contributed by atoms with van der Waals surface area (Å²) in [6, 6.07) is 14.8. The van der Waals surface area contributed by atoms with Crippen LogP contribution in [0.15, 0.2) is 48.7 Å². The first-order valence-corrected chi connectivity index (χ1v) is 7.15. The number of nitrogens with zero attached hydrogens (tertiary/aromatic N) is 3. The summed E-state index contributed by atoms with van der Waals surface area (Å²) >= 11 is 0. The van der Waals surface area contributed by atoms with Gasteiger partial charge in [0.05, 0.1) is 16.7 Å². The molecule has 0 fully saturated rings. The van der Waals surface area contributed by atoms with Crippen molar-refractivity contribution in [2.24, 2.45) is 7.05 Å². The second-order valence-electron chi connectivity index (χ2n) is 5.65. The number of rotatable bonds is 1. The van der Waals surface area contributed by atoms with Gasteiger partial charge < -0.3 is 4.57 Å². The van der Waals surface area contributed by atoms with Crippen molar-refractivity contribution in [3.8, 4) is 11.3 Å². The lowest BCUT2D eigenvalue weighted by molar-refractivity contribution is 0.969. The second kappa shape index (κ2) is 4.22. The predicted octanol–water partition coefficient (Wildman–Crippen LogP) is 4.11. The Morgan fingerprint density at radius 1 is 0.905 bits per heavy atom. The Hall–Kier alpha value is -2.55. The van der Waals surface area contributed by atoms with Crippen molar-refractivity contribution in [3.63, 3.8) is 0 Å². The minimum atomic E-state index is 0.980. The van der Waals surface area contributed by atoms with Crippen molar-refractivity contribution >= 4 is 16.8 Å². The smallest absolute Gasteiger partial charge is 0.215 e. The predicted molar refractivity (Wildman–Crippen MR) is 86.6 cm³/mol. The minimum absolute atomic E-state index is 0.980. The fraction of sp³-hybridized carbons (Fsp3) is 0.167. The molecule has 4 rings (SSSR count). The quantitative estimate of drug-likeness (QED) is 0.512. The maximum atomic E-state index is 4.80. The maximum absolute atomic E-state index is 4.80. The number of hydrogen-bond acceptors (Lipinski definition) is 1. The van der Waals surface area contributed by atoms with Gasteiger partial charge in [0, 0.05) is 18.8 Å². The molecular formula is C18H17N3. The van der Waals surface area contributed by atoms with Gasteiger partial charge in [0.1, 0.15) is 0 Å². The van der Waals surface area contributed by atoms with Crippen LogP contribution in [-0.4, -0.2) is 14.0 Å². The molecule has 2 aromatic carbocycles. The summed E-state index contributed by atoms with van der Waals surface area (Å²) in [7, 11) is 2.08. The molecule has 0 saturated carbocycles. The summed E-state index contributed by atoms with van der Waals surface area (Å²) < 4.78 is 4.35. The normalized spacial score (nSPS) is 11.6. The molecular weight excluding hydrogens is 258 g/mol. The van der Waals surface area contributed by atoms with E-state index in [-0.39, 0.29) is 0 Å². The van der Waals surface area contributed by atoms with Crippen LogP contribution >= 0.6 is 0 Å². The second-order valence-corrected chi connectivity index (χ2v) is 5.65. The highest BCUT2D eigenvalue weighted by Crippen LogP contribution is 2.26. The fourth-order valence-corrected chi connectivity index (χ4v) is 2.89. The van der Waals surface area contributed by atoms with Crippen LogP contribution in [0.2, 0.25) is 0 Å². The van der Waals surface area contributed by atoms with E-state index in [0.29, 0.717) is 0 Å². The van der Waals surface area contributed by atoms with E-state index in [1.54, 1.807) is 0 Å². The van der Waals surface area contributed by atoms with E-state index in [1.165, 1.54) is 22.2 Å². The number of imidazole rings is 2. The van der Waals surface area contributed by atoms with E-state index in [1.807, 2.05) is 18.2 Å². The summed E-state index contributed by atoms with van der Waals surface area (Å²) in [6.45, 7) is 4.31. The highest BCUT2D eigenvalue weighted by atomic mass is 15.2. The molecule has 0 bridgehead atoms. The third-order valence-corrected chi connectivity index (χ3v) is 4.27. The van der Waals surface area contributed by atoms with Gasteiger partial charge in [-0.1, -0.05) is 30.3 Å². The minimum Gasteiger partial charge on any atom is -0.313 e. The molecule has 0 aliphatic heterocycles. The number of aryl methyl sites for hydroxylation is 3. The summed E-state index contributed by atoms with van der Waals surface area (Å²) in [5.41, 5.74) is 7.23. The van der Waals surface area contributed by atoms with Crippen LogP contribution in [0.4, 0.5) is 0 Å². The van der Waals surface area contributed by atoms with Gasteiger partial charge in [-0.2, -0.15) is 0 Å². The molecule has 0 aliphatic rings. The Labute approximate surface area is 123 Å². The first kappa shape index (κ1) is 12.2. The van der Waals surface area contributed by atoms with Crippen molar-refractivity contribution in [2.75, 3.05) is 0 Å². The highest BCUT2D eigenvalue weighted by molar-refractivity contribution is 5.83. The number of benzene rings is 2. The molecule has 0 unspecified atom stereocenters. The topological polar surface area (TPSA) is 22.2 Å². The number of fused-ring (bicyclic) bond motifs is 3. The molecule has 0 atom stereocenters. The van der Waals surface area contributed by atoms with Gasteiger partial charge in [-0.25, -0.2) is 4.98 Å². The lowest BCUT2D eigenvalue weighted by atomic mass is 10.1. The molecule has 0 saturated heterocycles. The average molecular weight is 275 g/mol. The standard InChI is InChI=1S/C18H17N3/c1-12-9-16-17(10-13(12)2)21-11-15(19-18(21)20(16)3)14-7-5-4-6-8-14/h4-11H,1-3H3. The molecule has 2 heterocycles. The van der Waals surface area contributed by atoms with Gasteiger partial charge in [0.25, 0.3) is 0 Å². The van der Waals surface area contributed by atoms with Crippen LogP contribution in [0, 0.1) is 13.8 Å². The Balaban J connectivity index is 2.05. The Morgan fingerprint density at radius 2 is 1.57 bits per heavy atom. The molecule has 4 aromatic rings. The zero-order chi connectivity index (χ0) is 14.6. The lowest BCUT2D eigenvalue weighted by Gasteiger charge is -2.02. The van der Waals surface area contributed by atoms with Gasteiger partial charge in [-0.3, -0.25) is 4.40 Å². The molecule has 0 spiro atoms.